The van der Waals surface area contributed by atoms with Crippen molar-refractivity contribution in [3.63, 3.8) is 0 Å². The summed E-state index contributed by atoms with van der Waals surface area (Å²) in [5.41, 5.74) is 7.20. The normalized spacial score (nSPS) is 26.3. The van der Waals surface area contributed by atoms with E-state index in [-0.39, 0.29) is 30.5 Å². The van der Waals surface area contributed by atoms with E-state index in [1.165, 1.54) is 17.0 Å². The van der Waals surface area contributed by atoms with Crippen LogP contribution in [0.1, 0.15) is 48.5 Å². The summed E-state index contributed by atoms with van der Waals surface area (Å²) in [6.45, 7) is 1.86. The topological polar surface area (TPSA) is 104 Å². The van der Waals surface area contributed by atoms with Crippen molar-refractivity contribution in [2.75, 3.05) is 18.0 Å². The van der Waals surface area contributed by atoms with Gasteiger partial charge in [0.05, 0.1) is 5.56 Å². The first-order valence-corrected chi connectivity index (χ1v) is 11.0. The molecule has 7 nitrogen and oxygen atoms in total. The minimum absolute atomic E-state index is 0.0403. The van der Waals surface area contributed by atoms with Crippen molar-refractivity contribution in [2.45, 2.75) is 43.7 Å². The second-order valence-corrected chi connectivity index (χ2v) is 9.42. The molecule has 1 saturated carbocycles. The minimum Gasteiger partial charge on any atom is -0.478 e. The second kappa shape index (κ2) is 8.22. The predicted molar refractivity (Wildman–Crippen MR) is 122 cm³/mol. The number of carboxylic acids is 1. The third kappa shape index (κ3) is 4.10. The summed E-state index contributed by atoms with van der Waals surface area (Å²) in [5, 5.41) is 9.86. The SMILES string of the molecule is CC1(N2CC(=O)N(c3cccc(C(=O)O)c3)CC2=O)CCC(N)(c2cccc(Cl)c2)CC1. The molecule has 0 spiro atoms. The van der Waals surface area contributed by atoms with Crippen LogP contribution < -0.4 is 10.6 Å². The predicted octanol–water partition coefficient (Wildman–Crippen LogP) is 3.40. The molecule has 2 aromatic carbocycles. The lowest BCUT2D eigenvalue weighted by molar-refractivity contribution is -0.146. The molecule has 1 saturated heterocycles. The van der Waals surface area contributed by atoms with Crippen LogP contribution in [0.3, 0.4) is 0 Å². The second-order valence-electron chi connectivity index (χ2n) is 8.98. The molecule has 4 rings (SSSR count). The van der Waals surface area contributed by atoms with E-state index in [0.717, 1.165) is 5.56 Å². The number of aromatic carboxylic acids is 1. The molecule has 2 amide bonds. The van der Waals surface area contributed by atoms with Crippen molar-refractivity contribution in [2.24, 2.45) is 5.73 Å². The Morgan fingerprint density at radius 1 is 1.00 bits per heavy atom. The molecule has 0 atom stereocenters. The molecule has 168 valence electrons. The maximum atomic E-state index is 13.1. The van der Waals surface area contributed by atoms with Gasteiger partial charge in [-0.2, -0.15) is 0 Å². The van der Waals surface area contributed by atoms with Crippen LogP contribution in [0.2, 0.25) is 5.02 Å². The lowest BCUT2D eigenvalue weighted by atomic mass is 9.69. The Morgan fingerprint density at radius 3 is 2.34 bits per heavy atom. The van der Waals surface area contributed by atoms with Crippen LogP contribution in [-0.2, 0) is 15.1 Å². The zero-order valence-corrected chi connectivity index (χ0v) is 18.6. The van der Waals surface area contributed by atoms with Gasteiger partial charge in [-0.25, -0.2) is 4.79 Å². The zero-order chi connectivity index (χ0) is 23.1. The van der Waals surface area contributed by atoms with Crippen molar-refractivity contribution < 1.29 is 19.5 Å². The number of carbonyl (C=O) groups excluding carboxylic acids is 2. The summed E-state index contributed by atoms with van der Waals surface area (Å²) in [7, 11) is 0. The van der Waals surface area contributed by atoms with Crippen LogP contribution in [-0.4, -0.2) is 46.4 Å². The molecule has 2 aliphatic rings. The van der Waals surface area contributed by atoms with Gasteiger partial charge in [0.1, 0.15) is 13.1 Å². The average Bonchev–Trinajstić information content (AvgIpc) is 2.77. The van der Waals surface area contributed by atoms with Crippen LogP contribution in [0.25, 0.3) is 0 Å². The molecule has 1 heterocycles. The molecule has 0 bridgehead atoms. The fourth-order valence-corrected chi connectivity index (χ4v) is 4.93. The summed E-state index contributed by atoms with van der Waals surface area (Å²) in [6, 6.07) is 13.7. The Kier molecular flexibility index (Phi) is 5.73. The maximum Gasteiger partial charge on any atom is 0.335 e. The van der Waals surface area contributed by atoms with E-state index in [1.54, 1.807) is 17.0 Å². The quantitative estimate of drug-likeness (QED) is 0.735. The Bertz CT molecular complexity index is 1080. The third-order valence-electron chi connectivity index (χ3n) is 6.86. The van der Waals surface area contributed by atoms with Crippen LogP contribution in [0.15, 0.2) is 48.5 Å². The van der Waals surface area contributed by atoms with Crippen molar-refractivity contribution in [3.05, 3.63) is 64.7 Å². The van der Waals surface area contributed by atoms with E-state index in [4.69, 9.17) is 17.3 Å². The van der Waals surface area contributed by atoms with Crippen LogP contribution in [0, 0.1) is 0 Å². The third-order valence-corrected chi connectivity index (χ3v) is 7.10. The van der Waals surface area contributed by atoms with E-state index in [9.17, 15) is 19.5 Å². The highest BCUT2D eigenvalue weighted by atomic mass is 35.5. The standard InChI is InChI=1S/C24H26ClN3O4/c1-23(8-10-24(26,11-9-23)17-5-3-6-18(25)13-17)28-15-20(29)27(14-21(28)30)19-7-2-4-16(12-19)22(31)32/h2-7,12-13H,8-11,14-15,26H2,1H3,(H,31,32). The molecule has 32 heavy (non-hydrogen) atoms. The summed E-state index contributed by atoms with van der Waals surface area (Å²) < 4.78 is 0. The molecule has 0 radical (unpaired) electrons. The number of amides is 2. The van der Waals surface area contributed by atoms with Gasteiger partial charge in [-0.05, 0) is 68.5 Å². The fraction of sp³-hybridized carbons (Fsp3) is 0.375. The molecule has 8 heteroatoms. The van der Waals surface area contributed by atoms with Crippen LogP contribution >= 0.6 is 11.6 Å². The smallest absolute Gasteiger partial charge is 0.335 e. The van der Waals surface area contributed by atoms with Gasteiger partial charge in [0.2, 0.25) is 11.8 Å². The van der Waals surface area contributed by atoms with Gasteiger partial charge < -0.3 is 20.6 Å². The highest BCUT2D eigenvalue weighted by molar-refractivity contribution is 6.30. The first-order valence-electron chi connectivity index (χ1n) is 10.6. The number of piperazine rings is 1. The number of rotatable bonds is 4. The van der Waals surface area contributed by atoms with Gasteiger partial charge in [0, 0.05) is 21.8 Å². The Morgan fingerprint density at radius 2 is 1.69 bits per heavy atom. The van der Waals surface area contributed by atoms with Crippen molar-refractivity contribution in [1.82, 2.24) is 4.90 Å². The lowest BCUT2D eigenvalue weighted by Crippen LogP contribution is -2.63. The van der Waals surface area contributed by atoms with Gasteiger partial charge in [-0.3, -0.25) is 9.59 Å². The van der Waals surface area contributed by atoms with Gasteiger partial charge in [-0.15, -0.1) is 0 Å². The molecule has 2 aromatic rings. The number of nitrogens with zero attached hydrogens (tertiary/aromatic N) is 2. The summed E-state index contributed by atoms with van der Waals surface area (Å²) in [5.74, 6) is -1.46. The minimum atomic E-state index is -1.08. The van der Waals surface area contributed by atoms with E-state index in [0.29, 0.717) is 36.4 Å². The Balaban J connectivity index is 1.49. The van der Waals surface area contributed by atoms with E-state index < -0.39 is 17.0 Å². The zero-order valence-electron chi connectivity index (χ0n) is 17.9. The number of halogens is 1. The van der Waals surface area contributed by atoms with Crippen LogP contribution in [0.5, 0.6) is 0 Å². The van der Waals surface area contributed by atoms with Crippen molar-refractivity contribution in [3.8, 4) is 0 Å². The lowest BCUT2D eigenvalue weighted by Gasteiger charge is -2.50. The average molecular weight is 456 g/mol. The molecule has 1 aliphatic carbocycles. The Labute approximate surface area is 191 Å². The largest absolute Gasteiger partial charge is 0.478 e. The molecule has 0 unspecified atom stereocenters. The summed E-state index contributed by atoms with van der Waals surface area (Å²) in [4.78, 5) is 40.3. The first kappa shape index (κ1) is 22.3. The monoisotopic (exact) mass is 455 g/mol. The number of nitrogens with two attached hydrogens (primary N) is 1. The molecule has 2 fully saturated rings. The molecular formula is C24H26ClN3O4. The first-order chi connectivity index (χ1) is 15.1. The maximum absolute atomic E-state index is 13.1. The molecule has 0 aromatic heterocycles. The molecule has 1 aliphatic heterocycles. The number of carbonyl (C=O) groups is 3. The van der Waals surface area contributed by atoms with Gasteiger partial charge in [0.25, 0.3) is 0 Å². The van der Waals surface area contributed by atoms with Gasteiger partial charge >= 0.3 is 5.97 Å². The van der Waals surface area contributed by atoms with Gasteiger partial charge in [-0.1, -0.05) is 29.8 Å². The van der Waals surface area contributed by atoms with Gasteiger partial charge in [0.15, 0.2) is 0 Å². The molecular weight excluding hydrogens is 430 g/mol. The Hall–Kier alpha value is -2.90. The van der Waals surface area contributed by atoms with E-state index >= 15 is 0 Å². The summed E-state index contributed by atoms with van der Waals surface area (Å²) >= 11 is 6.15. The number of benzene rings is 2. The van der Waals surface area contributed by atoms with E-state index in [2.05, 4.69) is 0 Å². The molecule has 3 N–H and O–H groups in total. The number of anilines is 1. The van der Waals surface area contributed by atoms with E-state index in [1.807, 2.05) is 31.2 Å². The number of carboxylic acid groups (broad SMARTS) is 1. The highest BCUT2D eigenvalue weighted by Crippen LogP contribution is 2.43. The van der Waals surface area contributed by atoms with Crippen molar-refractivity contribution >= 4 is 35.1 Å². The number of hydrogen-bond acceptors (Lipinski definition) is 4. The number of hydrogen-bond donors (Lipinski definition) is 2. The fourth-order valence-electron chi connectivity index (χ4n) is 4.74. The highest BCUT2D eigenvalue weighted by Gasteiger charge is 2.46. The summed E-state index contributed by atoms with van der Waals surface area (Å²) in [6.07, 6.45) is 2.69. The van der Waals surface area contributed by atoms with Crippen LogP contribution in [0.4, 0.5) is 5.69 Å². The van der Waals surface area contributed by atoms with Crippen molar-refractivity contribution in [1.29, 1.82) is 0 Å².